The van der Waals surface area contributed by atoms with Gasteiger partial charge in [0.25, 0.3) is 0 Å². The van der Waals surface area contributed by atoms with Gasteiger partial charge >= 0.3 is 0 Å². The van der Waals surface area contributed by atoms with Crippen LogP contribution in [0.25, 0.3) is 0 Å². The first-order chi connectivity index (χ1) is 9.37. The largest absolute Gasteiger partial charge is 0.399 e. The van der Waals surface area contributed by atoms with Crippen LogP contribution in [0.2, 0.25) is 5.02 Å². The summed E-state index contributed by atoms with van der Waals surface area (Å²) in [4.78, 5) is 0. The smallest absolute Gasteiger partial charge is 0.237 e. The fourth-order valence-corrected chi connectivity index (χ4v) is 3.16. The van der Waals surface area contributed by atoms with E-state index < -0.39 is 15.8 Å². The highest BCUT2D eigenvalue weighted by molar-refractivity contribution is 7.91. The Bertz CT molecular complexity index is 715. The number of nitrogen functional groups attached to an aromatic ring is 1. The van der Waals surface area contributed by atoms with E-state index in [2.05, 4.69) is 4.72 Å². The molecule has 7 heteroatoms. The average molecular weight is 315 g/mol. The van der Waals surface area contributed by atoms with E-state index in [4.69, 9.17) is 17.3 Å². The number of hydrogen-bond acceptors (Lipinski definition) is 3. The lowest BCUT2D eigenvalue weighted by Gasteiger charge is -2.10. The number of rotatable bonds is 4. The Hall–Kier alpha value is -1.79. The summed E-state index contributed by atoms with van der Waals surface area (Å²) in [5, 5.41) is 0.00107. The molecule has 0 aliphatic heterocycles. The molecule has 106 valence electrons. The summed E-state index contributed by atoms with van der Waals surface area (Å²) in [5.41, 5.74) is 6.29. The van der Waals surface area contributed by atoms with Crippen LogP contribution in [0.4, 0.5) is 15.8 Å². The molecule has 2 aromatic carbocycles. The number of nitrogens with two attached hydrogens (primary N) is 1. The minimum absolute atomic E-state index is 0.00107. The fraction of sp³-hybridized carbons (Fsp3) is 0.0769. The van der Waals surface area contributed by atoms with Crippen molar-refractivity contribution >= 4 is 33.0 Å². The van der Waals surface area contributed by atoms with Crippen LogP contribution in [0.1, 0.15) is 5.56 Å². The summed E-state index contributed by atoms with van der Waals surface area (Å²) in [6.07, 6.45) is 0. The normalized spacial score (nSPS) is 11.3. The van der Waals surface area contributed by atoms with Gasteiger partial charge in [0.1, 0.15) is 11.5 Å². The van der Waals surface area contributed by atoms with E-state index in [1.807, 2.05) is 0 Å². The summed E-state index contributed by atoms with van der Waals surface area (Å²) in [5.74, 6) is -1.04. The van der Waals surface area contributed by atoms with Gasteiger partial charge in [-0.05, 0) is 29.8 Å². The van der Waals surface area contributed by atoms with Crippen molar-refractivity contribution in [3.8, 4) is 0 Å². The van der Waals surface area contributed by atoms with E-state index in [1.165, 1.54) is 12.1 Å². The van der Waals surface area contributed by atoms with Gasteiger partial charge in [0.2, 0.25) is 10.0 Å². The highest BCUT2D eigenvalue weighted by atomic mass is 35.5. The molecule has 0 radical (unpaired) electrons. The number of benzene rings is 2. The summed E-state index contributed by atoms with van der Waals surface area (Å²) in [7, 11) is -3.78. The SMILES string of the molecule is Nc1cccc(CS(=O)(=O)Nc2c(F)cccc2Cl)c1. The van der Waals surface area contributed by atoms with Crippen molar-refractivity contribution in [1.29, 1.82) is 0 Å². The average Bonchev–Trinajstić information content (AvgIpc) is 2.33. The minimum Gasteiger partial charge on any atom is -0.399 e. The number of sulfonamides is 1. The highest BCUT2D eigenvalue weighted by Crippen LogP contribution is 2.26. The Morgan fingerprint density at radius 3 is 2.55 bits per heavy atom. The molecule has 0 aliphatic rings. The summed E-state index contributed by atoms with van der Waals surface area (Å²) in [6, 6.07) is 10.4. The zero-order chi connectivity index (χ0) is 14.8. The Kier molecular flexibility index (Phi) is 4.15. The van der Waals surface area contributed by atoms with E-state index in [1.54, 1.807) is 24.3 Å². The standard InChI is InChI=1S/C13H12ClFN2O2S/c14-11-5-2-6-12(15)13(11)17-20(18,19)8-9-3-1-4-10(16)7-9/h1-7,17H,8,16H2. The van der Waals surface area contributed by atoms with Crippen molar-refractivity contribution in [3.05, 3.63) is 58.9 Å². The van der Waals surface area contributed by atoms with E-state index in [0.717, 1.165) is 6.07 Å². The zero-order valence-corrected chi connectivity index (χ0v) is 11.9. The molecular formula is C13H12ClFN2O2S. The molecule has 0 spiro atoms. The number of hydrogen-bond donors (Lipinski definition) is 2. The van der Waals surface area contributed by atoms with Crippen LogP contribution in [-0.4, -0.2) is 8.42 Å². The first kappa shape index (κ1) is 14.6. The maximum absolute atomic E-state index is 13.6. The van der Waals surface area contributed by atoms with Gasteiger partial charge in [-0.15, -0.1) is 0 Å². The van der Waals surface area contributed by atoms with E-state index in [-0.39, 0.29) is 16.5 Å². The third-order valence-electron chi connectivity index (χ3n) is 2.53. The van der Waals surface area contributed by atoms with Gasteiger partial charge in [-0.3, -0.25) is 4.72 Å². The van der Waals surface area contributed by atoms with E-state index in [9.17, 15) is 12.8 Å². The molecule has 3 N–H and O–H groups in total. The van der Waals surface area contributed by atoms with Gasteiger partial charge in [-0.25, -0.2) is 12.8 Å². The van der Waals surface area contributed by atoms with Gasteiger partial charge < -0.3 is 5.73 Å². The molecule has 0 aromatic heterocycles. The number of para-hydroxylation sites is 1. The number of anilines is 2. The van der Waals surface area contributed by atoms with Gasteiger partial charge in [-0.2, -0.15) is 0 Å². The lowest BCUT2D eigenvalue weighted by Crippen LogP contribution is -2.16. The second-order valence-electron chi connectivity index (χ2n) is 4.20. The molecule has 0 unspecified atom stereocenters. The minimum atomic E-state index is -3.78. The lowest BCUT2D eigenvalue weighted by molar-refractivity contribution is 0.598. The van der Waals surface area contributed by atoms with Crippen LogP contribution in [0.15, 0.2) is 42.5 Å². The molecule has 0 heterocycles. The van der Waals surface area contributed by atoms with Gasteiger partial charge in [-0.1, -0.05) is 29.8 Å². The Labute approximate surface area is 121 Å². The summed E-state index contributed by atoms with van der Waals surface area (Å²) >= 11 is 5.78. The lowest BCUT2D eigenvalue weighted by atomic mass is 10.2. The van der Waals surface area contributed by atoms with Gasteiger partial charge in [0, 0.05) is 5.69 Å². The third-order valence-corrected chi connectivity index (χ3v) is 4.07. The molecule has 0 bridgehead atoms. The van der Waals surface area contributed by atoms with Crippen molar-refractivity contribution in [2.24, 2.45) is 0 Å². The topological polar surface area (TPSA) is 72.2 Å². The molecule has 0 atom stereocenters. The van der Waals surface area contributed by atoms with Crippen molar-refractivity contribution in [3.63, 3.8) is 0 Å². The second kappa shape index (κ2) is 5.68. The summed E-state index contributed by atoms with van der Waals surface area (Å²) < 4.78 is 39.7. The van der Waals surface area contributed by atoms with E-state index in [0.29, 0.717) is 11.3 Å². The molecule has 0 amide bonds. The predicted molar refractivity (Wildman–Crippen MR) is 78.5 cm³/mol. The molecule has 0 fully saturated rings. The Morgan fingerprint density at radius 2 is 1.90 bits per heavy atom. The Morgan fingerprint density at radius 1 is 1.20 bits per heavy atom. The van der Waals surface area contributed by atoms with Crippen molar-refractivity contribution in [2.45, 2.75) is 5.75 Å². The summed E-state index contributed by atoms with van der Waals surface area (Å²) in [6.45, 7) is 0. The zero-order valence-electron chi connectivity index (χ0n) is 10.3. The van der Waals surface area contributed by atoms with Crippen molar-refractivity contribution in [2.75, 3.05) is 10.5 Å². The molecule has 0 saturated carbocycles. The van der Waals surface area contributed by atoms with Crippen LogP contribution in [-0.2, 0) is 15.8 Å². The highest BCUT2D eigenvalue weighted by Gasteiger charge is 2.16. The van der Waals surface area contributed by atoms with Crippen LogP contribution >= 0.6 is 11.6 Å². The Balaban J connectivity index is 2.24. The second-order valence-corrected chi connectivity index (χ2v) is 6.33. The van der Waals surface area contributed by atoms with Crippen molar-refractivity contribution < 1.29 is 12.8 Å². The predicted octanol–water partition coefficient (Wildman–Crippen LogP) is 3.00. The van der Waals surface area contributed by atoms with Gasteiger partial charge in [0.15, 0.2) is 0 Å². The first-order valence-electron chi connectivity index (χ1n) is 5.66. The first-order valence-corrected chi connectivity index (χ1v) is 7.69. The van der Waals surface area contributed by atoms with Crippen LogP contribution < -0.4 is 10.5 Å². The van der Waals surface area contributed by atoms with Crippen molar-refractivity contribution in [1.82, 2.24) is 0 Å². The fourth-order valence-electron chi connectivity index (χ4n) is 1.69. The molecule has 4 nitrogen and oxygen atoms in total. The third kappa shape index (κ3) is 3.61. The number of halogens is 2. The quantitative estimate of drug-likeness (QED) is 0.852. The molecule has 20 heavy (non-hydrogen) atoms. The van der Waals surface area contributed by atoms with Crippen LogP contribution in [0, 0.1) is 5.82 Å². The van der Waals surface area contributed by atoms with Crippen LogP contribution in [0.3, 0.4) is 0 Å². The molecule has 0 aliphatic carbocycles. The van der Waals surface area contributed by atoms with Gasteiger partial charge in [0.05, 0.1) is 10.8 Å². The van der Waals surface area contributed by atoms with Crippen LogP contribution in [0.5, 0.6) is 0 Å². The monoisotopic (exact) mass is 314 g/mol. The maximum atomic E-state index is 13.6. The number of nitrogens with one attached hydrogen (secondary N) is 1. The molecule has 2 aromatic rings. The molecular weight excluding hydrogens is 303 g/mol. The maximum Gasteiger partial charge on any atom is 0.237 e. The molecule has 2 rings (SSSR count). The van der Waals surface area contributed by atoms with E-state index >= 15 is 0 Å². The molecule has 0 saturated heterocycles.